The van der Waals surface area contributed by atoms with Crippen LogP contribution in [-0.4, -0.2) is 29.2 Å². The molecule has 0 saturated heterocycles. The predicted octanol–water partition coefficient (Wildman–Crippen LogP) is 1.08. The van der Waals surface area contributed by atoms with Gasteiger partial charge in [0.05, 0.1) is 0 Å². The quantitative estimate of drug-likeness (QED) is 0.806. The Morgan fingerprint density at radius 2 is 2.21 bits per heavy atom. The van der Waals surface area contributed by atoms with Gasteiger partial charge in [-0.15, -0.1) is 0 Å². The monoisotopic (exact) mass is 260 g/mol. The lowest BCUT2D eigenvalue weighted by Crippen LogP contribution is -2.34. The van der Waals surface area contributed by atoms with Gasteiger partial charge in [-0.3, -0.25) is 19.7 Å². The van der Waals surface area contributed by atoms with Gasteiger partial charge in [0.25, 0.3) is 5.91 Å². The summed E-state index contributed by atoms with van der Waals surface area (Å²) in [7, 11) is 0. The minimum Gasteiger partial charge on any atom is -0.332 e. The van der Waals surface area contributed by atoms with E-state index < -0.39 is 0 Å². The molecule has 0 radical (unpaired) electrons. The van der Waals surface area contributed by atoms with Gasteiger partial charge >= 0.3 is 0 Å². The van der Waals surface area contributed by atoms with Crippen molar-refractivity contribution >= 4 is 18.2 Å². The molecule has 1 aromatic carbocycles. The normalized spacial score (nSPS) is 15.0. The lowest BCUT2D eigenvalue weighted by atomic mass is 10.1. The number of rotatable bonds is 5. The summed E-state index contributed by atoms with van der Waals surface area (Å²) in [5, 5.41) is 2.10. The second-order valence-electron chi connectivity index (χ2n) is 4.66. The molecule has 1 heterocycles. The highest BCUT2D eigenvalue weighted by Gasteiger charge is 2.30. The molecule has 1 aliphatic heterocycles. The summed E-state index contributed by atoms with van der Waals surface area (Å²) in [6, 6.07) is 7.50. The fraction of sp³-hybridized carbons (Fsp3) is 0.357. The van der Waals surface area contributed by atoms with E-state index in [0.29, 0.717) is 19.4 Å². The Balaban J connectivity index is 1.95. The molecule has 5 nitrogen and oxygen atoms in total. The first-order chi connectivity index (χ1) is 9.13. The van der Waals surface area contributed by atoms with E-state index in [-0.39, 0.29) is 24.3 Å². The SMILES string of the molecule is CC(CCC(=O)NC=O)N1Cc2ccccc2C1=O. The molecule has 0 aliphatic carbocycles. The van der Waals surface area contributed by atoms with Crippen LogP contribution in [0.3, 0.4) is 0 Å². The maximum absolute atomic E-state index is 12.2. The highest BCUT2D eigenvalue weighted by Crippen LogP contribution is 2.25. The second kappa shape index (κ2) is 5.65. The van der Waals surface area contributed by atoms with Crippen LogP contribution in [0.25, 0.3) is 0 Å². The molecule has 100 valence electrons. The summed E-state index contributed by atoms with van der Waals surface area (Å²) in [6.45, 7) is 2.50. The molecule has 0 aromatic heterocycles. The van der Waals surface area contributed by atoms with Crippen molar-refractivity contribution in [2.45, 2.75) is 32.4 Å². The van der Waals surface area contributed by atoms with Crippen molar-refractivity contribution < 1.29 is 14.4 Å². The van der Waals surface area contributed by atoms with E-state index >= 15 is 0 Å². The summed E-state index contributed by atoms with van der Waals surface area (Å²) in [6.07, 6.45) is 1.16. The maximum atomic E-state index is 12.2. The molecule has 0 bridgehead atoms. The van der Waals surface area contributed by atoms with Crippen LogP contribution in [0.4, 0.5) is 0 Å². The lowest BCUT2D eigenvalue weighted by Gasteiger charge is -2.23. The zero-order valence-electron chi connectivity index (χ0n) is 10.8. The van der Waals surface area contributed by atoms with Gasteiger partial charge in [0.1, 0.15) is 0 Å². The van der Waals surface area contributed by atoms with Gasteiger partial charge in [-0.2, -0.15) is 0 Å². The van der Waals surface area contributed by atoms with Gasteiger partial charge < -0.3 is 4.90 Å². The Morgan fingerprint density at radius 1 is 1.47 bits per heavy atom. The Kier molecular flexibility index (Phi) is 3.94. The van der Waals surface area contributed by atoms with Crippen LogP contribution >= 0.6 is 0 Å². The molecule has 1 atom stereocenters. The molecule has 19 heavy (non-hydrogen) atoms. The lowest BCUT2D eigenvalue weighted by molar-refractivity contribution is -0.125. The van der Waals surface area contributed by atoms with Gasteiger partial charge in [0, 0.05) is 24.6 Å². The van der Waals surface area contributed by atoms with Gasteiger partial charge in [-0.1, -0.05) is 18.2 Å². The van der Waals surface area contributed by atoms with Crippen LogP contribution in [-0.2, 0) is 16.1 Å². The number of benzene rings is 1. The standard InChI is InChI=1S/C14H16N2O3/c1-10(6-7-13(18)15-9-17)16-8-11-4-2-3-5-12(11)14(16)19/h2-5,9-10H,6-8H2,1H3,(H,15,17,18). The fourth-order valence-electron chi connectivity index (χ4n) is 2.27. The number of imide groups is 1. The van der Waals surface area contributed by atoms with Gasteiger partial charge in [0.15, 0.2) is 0 Å². The third-order valence-corrected chi connectivity index (χ3v) is 3.39. The minimum atomic E-state index is -0.314. The second-order valence-corrected chi connectivity index (χ2v) is 4.66. The number of carbonyl (C=O) groups excluding carboxylic acids is 3. The van der Waals surface area contributed by atoms with Gasteiger partial charge in [-0.25, -0.2) is 0 Å². The number of carbonyl (C=O) groups is 3. The highest BCUT2D eigenvalue weighted by molar-refractivity contribution is 5.98. The summed E-state index contributed by atoms with van der Waals surface area (Å²) >= 11 is 0. The third-order valence-electron chi connectivity index (χ3n) is 3.39. The molecule has 1 N–H and O–H groups in total. The Morgan fingerprint density at radius 3 is 2.89 bits per heavy atom. The minimum absolute atomic E-state index is 0.0129. The Hall–Kier alpha value is -2.17. The fourth-order valence-corrected chi connectivity index (χ4v) is 2.27. The van der Waals surface area contributed by atoms with Crippen molar-refractivity contribution in [3.63, 3.8) is 0 Å². The van der Waals surface area contributed by atoms with Crippen LogP contribution in [0.15, 0.2) is 24.3 Å². The average molecular weight is 260 g/mol. The van der Waals surface area contributed by atoms with Crippen molar-refractivity contribution in [2.75, 3.05) is 0 Å². The van der Waals surface area contributed by atoms with E-state index in [4.69, 9.17) is 0 Å². The number of nitrogens with zero attached hydrogens (tertiary/aromatic N) is 1. The van der Waals surface area contributed by atoms with Crippen molar-refractivity contribution in [3.05, 3.63) is 35.4 Å². The number of hydrogen-bond donors (Lipinski definition) is 1. The van der Waals surface area contributed by atoms with Crippen molar-refractivity contribution in [1.29, 1.82) is 0 Å². The first-order valence-electron chi connectivity index (χ1n) is 6.25. The van der Waals surface area contributed by atoms with E-state index in [1.54, 1.807) is 4.90 Å². The Labute approximate surface area is 111 Å². The first-order valence-corrected chi connectivity index (χ1v) is 6.25. The largest absolute Gasteiger partial charge is 0.332 e. The Bertz CT molecular complexity index is 513. The van der Waals surface area contributed by atoms with Crippen LogP contribution in [0.5, 0.6) is 0 Å². The van der Waals surface area contributed by atoms with Gasteiger partial charge in [-0.05, 0) is 25.0 Å². The van der Waals surface area contributed by atoms with E-state index in [1.165, 1.54) is 0 Å². The first kappa shape index (κ1) is 13.3. The molecular formula is C14H16N2O3. The molecule has 1 aliphatic rings. The van der Waals surface area contributed by atoms with Crippen LogP contribution in [0, 0.1) is 0 Å². The summed E-state index contributed by atoms with van der Waals surface area (Å²) in [5.41, 5.74) is 1.77. The zero-order valence-corrected chi connectivity index (χ0v) is 10.8. The zero-order chi connectivity index (χ0) is 13.8. The molecule has 0 saturated carbocycles. The number of fused-ring (bicyclic) bond motifs is 1. The number of hydrogen-bond acceptors (Lipinski definition) is 3. The molecule has 2 rings (SSSR count). The van der Waals surface area contributed by atoms with E-state index in [2.05, 4.69) is 5.32 Å². The summed E-state index contributed by atoms with van der Waals surface area (Å²) in [4.78, 5) is 35.3. The van der Waals surface area contributed by atoms with E-state index in [9.17, 15) is 14.4 Å². The molecule has 0 spiro atoms. The molecule has 1 aromatic rings. The predicted molar refractivity (Wildman–Crippen MR) is 69.2 cm³/mol. The molecular weight excluding hydrogens is 244 g/mol. The molecule has 3 amide bonds. The van der Waals surface area contributed by atoms with Crippen LogP contribution in [0.1, 0.15) is 35.7 Å². The number of nitrogens with one attached hydrogen (secondary N) is 1. The van der Waals surface area contributed by atoms with Crippen LogP contribution in [0.2, 0.25) is 0 Å². The smallest absolute Gasteiger partial charge is 0.254 e. The number of amides is 3. The molecule has 5 heteroatoms. The molecule has 1 unspecified atom stereocenters. The summed E-state index contributed by atoms with van der Waals surface area (Å²) < 4.78 is 0. The third kappa shape index (κ3) is 2.81. The van der Waals surface area contributed by atoms with E-state index in [0.717, 1.165) is 11.1 Å². The van der Waals surface area contributed by atoms with E-state index in [1.807, 2.05) is 31.2 Å². The highest BCUT2D eigenvalue weighted by atomic mass is 16.2. The van der Waals surface area contributed by atoms with Crippen molar-refractivity contribution in [1.82, 2.24) is 10.2 Å². The summed E-state index contributed by atoms with van der Waals surface area (Å²) in [5.74, 6) is -0.301. The average Bonchev–Trinajstić information content (AvgIpc) is 2.74. The maximum Gasteiger partial charge on any atom is 0.254 e. The molecule has 0 fully saturated rings. The topological polar surface area (TPSA) is 66.5 Å². The van der Waals surface area contributed by atoms with Crippen LogP contribution < -0.4 is 5.32 Å². The van der Waals surface area contributed by atoms with Crippen molar-refractivity contribution in [3.8, 4) is 0 Å². The van der Waals surface area contributed by atoms with Crippen molar-refractivity contribution in [2.24, 2.45) is 0 Å². The van der Waals surface area contributed by atoms with Gasteiger partial charge in [0.2, 0.25) is 12.3 Å².